The molecule has 0 fully saturated rings. The van der Waals surface area contributed by atoms with Crippen LogP contribution in [0, 0.1) is 0 Å². The van der Waals surface area contributed by atoms with E-state index in [2.05, 4.69) is 10.3 Å². The zero-order valence-corrected chi connectivity index (χ0v) is 22.6. The van der Waals surface area contributed by atoms with Crippen molar-refractivity contribution in [1.82, 2.24) is 8.87 Å². The molecule has 9 nitrogen and oxygen atoms in total. The summed E-state index contributed by atoms with van der Waals surface area (Å²) < 4.78 is 35.3. The van der Waals surface area contributed by atoms with Crippen molar-refractivity contribution in [2.45, 2.75) is 45.1 Å². The van der Waals surface area contributed by atoms with Gasteiger partial charge in [0.25, 0.3) is 5.91 Å². The molecule has 36 heavy (non-hydrogen) atoms. The second-order valence-corrected chi connectivity index (χ2v) is 11.1. The Morgan fingerprint density at radius 3 is 2.47 bits per heavy atom. The number of thiazole rings is 1. The largest absolute Gasteiger partial charge is 0.383 e. The molecule has 0 aliphatic rings. The van der Waals surface area contributed by atoms with Crippen LogP contribution in [-0.2, 0) is 26.1 Å². The molecule has 0 aliphatic carbocycles. The molecule has 0 aliphatic heterocycles. The maximum absolute atomic E-state index is 13.0. The highest BCUT2D eigenvalue weighted by atomic mass is 32.2. The second kappa shape index (κ2) is 12.4. The molecule has 1 N–H and O–H groups in total. The van der Waals surface area contributed by atoms with Gasteiger partial charge < -0.3 is 14.6 Å². The van der Waals surface area contributed by atoms with Crippen molar-refractivity contribution in [3.63, 3.8) is 0 Å². The first kappa shape index (κ1) is 27.7. The Bertz CT molecular complexity index is 1390. The van der Waals surface area contributed by atoms with Gasteiger partial charge in [0.1, 0.15) is 0 Å². The second-order valence-electron chi connectivity index (χ2n) is 8.18. The molecule has 2 aromatic carbocycles. The van der Waals surface area contributed by atoms with E-state index in [9.17, 15) is 18.0 Å². The van der Waals surface area contributed by atoms with E-state index in [1.165, 1.54) is 46.8 Å². The zero-order valence-electron chi connectivity index (χ0n) is 21.0. The molecule has 0 unspecified atom stereocenters. The highest BCUT2D eigenvalue weighted by molar-refractivity contribution is 7.89. The lowest BCUT2D eigenvalue weighted by Gasteiger charge is -2.20. The number of hydrogen-bond acceptors (Lipinski definition) is 6. The Kier molecular flexibility index (Phi) is 9.55. The smallest absolute Gasteiger partial charge is 0.279 e. The number of fused-ring (bicyclic) bond motifs is 1. The van der Waals surface area contributed by atoms with Crippen LogP contribution in [0.5, 0.6) is 0 Å². The van der Waals surface area contributed by atoms with Gasteiger partial charge in [0, 0.05) is 44.9 Å². The van der Waals surface area contributed by atoms with Gasteiger partial charge in [-0.15, -0.1) is 0 Å². The monoisotopic (exact) mass is 532 g/mol. The summed E-state index contributed by atoms with van der Waals surface area (Å²) in [6.45, 7) is 7.04. The third-order valence-electron chi connectivity index (χ3n) is 5.57. The van der Waals surface area contributed by atoms with Gasteiger partial charge in [-0.3, -0.25) is 9.59 Å². The number of hydrogen-bond donors (Lipinski definition) is 1. The molecule has 11 heteroatoms. The number of methoxy groups -OCH3 is 1. The van der Waals surface area contributed by atoms with Crippen LogP contribution in [0.15, 0.2) is 52.4 Å². The number of rotatable bonds is 11. The molecule has 1 aromatic heterocycles. The van der Waals surface area contributed by atoms with Crippen LogP contribution in [0.3, 0.4) is 0 Å². The molecule has 1 heterocycles. The highest BCUT2D eigenvalue weighted by Crippen LogP contribution is 2.22. The Balaban J connectivity index is 1.94. The molecule has 0 bridgehead atoms. The number of nitrogens with zero attached hydrogens (tertiary/aromatic N) is 3. The Hall–Kier alpha value is -2.86. The number of benzene rings is 2. The van der Waals surface area contributed by atoms with E-state index in [1.54, 1.807) is 13.2 Å². The first-order valence-electron chi connectivity index (χ1n) is 11.8. The quantitative estimate of drug-likeness (QED) is 0.403. The number of aromatic nitrogens is 1. The van der Waals surface area contributed by atoms with Crippen LogP contribution in [0.1, 0.15) is 44.0 Å². The minimum Gasteiger partial charge on any atom is -0.383 e. The van der Waals surface area contributed by atoms with Gasteiger partial charge in [-0.1, -0.05) is 31.6 Å². The van der Waals surface area contributed by atoms with Gasteiger partial charge >= 0.3 is 0 Å². The third-order valence-corrected chi connectivity index (χ3v) is 8.60. The molecule has 0 saturated carbocycles. The van der Waals surface area contributed by atoms with Crippen LogP contribution in [0.4, 0.5) is 5.69 Å². The number of anilines is 1. The normalized spacial score (nSPS) is 12.4. The lowest BCUT2D eigenvalue weighted by Crippen LogP contribution is -2.31. The van der Waals surface area contributed by atoms with Crippen LogP contribution in [0.2, 0.25) is 0 Å². The summed E-state index contributed by atoms with van der Waals surface area (Å²) in [5.41, 5.74) is 1.82. The van der Waals surface area contributed by atoms with Gasteiger partial charge in [0.2, 0.25) is 15.9 Å². The van der Waals surface area contributed by atoms with Crippen LogP contribution in [-0.4, -0.2) is 55.9 Å². The fourth-order valence-electron chi connectivity index (χ4n) is 3.69. The molecular formula is C25H32N4O5S2. The minimum atomic E-state index is -3.63. The summed E-state index contributed by atoms with van der Waals surface area (Å²) in [6.07, 6.45) is 1.69. The van der Waals surface area contributed by atoms with Crippen LogP contribution < -0.4 is 10.1 Å². The van der Waals surface area contributed by atoms with E-state index in [4.69, 9.17) is 4.74 Å². The molecule has 3 aromatic rings. The van der Waals surface area contributed by atoms with E-state index in [-0.39, 0.29) is 10.8 Å². The third kappa shape index (κ3) is 6.47. The van der Waals surface area contributed by atoms with Crippen LogP contribution >= 0.6 is 11.3 Å². The fourth-order valence-corrected chi connectivity index (χ4v) is 6.27. The Morgan fingerprint density at radius 2 is 1.86 bits per heavy atom. The summed E-state index contributed by atoms with van der Waals surface area (Å²) in [6, 6.07) is 11.4. The van der Waals surface area contributed by atoms with Gasteiger partial charge in [-0.2, -0.15) is 9.30 Å². The summed E-state index contributed by atoms with van der Waals surface area (Å²) in [7, 11) is -2.03. The molecular weight excluding hydrogens is 500 g/mol. The van der Waals surface area contributed by atoms with E-state index in [0.29, 0.717) is 42.3 Å². The number of nitrogens with one attached hydrogen (secondary N) is 1. The Labute approximate surface area is 215 Å². The summed E-state index contributed by atoms with van der Waals surface area (Å²) >= 11 is 1.33. The fraction of sp³-hybridized carbons (Fsp3) is 0.400. The summed E-state index contributed by atoms with van der Waals surface area (Å²) in [4.78, 5) is 29.4. The van der Waals surface area contributed by atoms with E-state index in [0.717, 1.165) is 23.1 Å². The van der Waals surface area contributed by atoms with Crippen molar-refractivity contribution in [2.75, 3.05) is 32.1 Å². The first-order chi connectivity index (χ1) is 17.2. The maximum atomic E-state index is 13.0. The van der Waals surface area contributed by atoms with Gasteiger partial charge in [0.05, 0.1) is 21.7 Å². The molecule has 0 saturated heterocycles. The van der Waals surface area contributed by atoms with Crippen molar-refractivity contribution in [2.24, 2.45) is 4.99 Å². The lowest BCUT2D eigenvalue weighted by atomic mass is 10.2. The Morgan fingerprint density at radius 1 is 1.14 bits per heavy atom. The highest BCUT2D eigenvalue weighted by Gasteiger charge is 2.22. The van der Waals surface area contributed by atoms with Crippen molar-refractivity contribution >= 4 is 49.1 Å². The van der Waals surface area contributed by atoms with Gasteiger partial charge in [0.15, 0.2) is 4.80 Å². The number of sulfonamides is 1. The molecule has 0 radical (unpaired) electrons. The SMILES string of the molecule is CCCCN(CC)S(=O)(=O)c1ccc(C(=O)N=c2sc3cc(NC(C)=O)ccc3n2CCOC)cc1. The summed E-state index contributed by atoms with van der Waals surface area (Å²) in [5.74, 6) is -0.645. The van der Waals surface area contributed by atoms with Crippen LogP contribution in [0.25, 0.3) is 10.2 Å². The number of carbonyl (C=O) groups excluding carboxylic acids is 2. The average Bonchev–Trinajstić information content (AvgIpc) is 3.18. The maximum Gasteiger partial charge on any atom is 0.279 e. The van der Waals surface area contributed by atoms with Gasteiger partial charge in [-0.05, 0) is 48.9 Å². The van der Waals surface area contributed by atoms with Crippen molar-refractivity contribution in [3.8, 4) is 0 Å². The van der Waals surface area contributed by atoms with E-state index in [1.807, 2.05) is 30.5 Å². The van der Waals surface area contributed by atoms with Crippen molar-refractivity contribution < 1.29 is 22.7 Å². The number of amides is 2. The average molecular weight is 533 g/mol. The molecule has 3 rings (SSSR count). The number of unbranched alkanes of at least 4 members (excludes halogenated alkanes) is 1. The van der Waals surface area contributed by atoms with E-state index < -0.39 is 15.9 Å². The van der Waals surface area contributed by atoms with Crippen molar-refractivity contribution in [1.29, 1.82) is 0 Å². The number of carbonyl (C=O) groups is 2. The minimum absolute atomic E-state index is 0.152. The molecule has 2 amide bonds. The molecule has 0 spiro atoms. The summed E-state index contributed by atoms with van der Waals surface area (Å²) in [5, 5.41) is 2.76. The number of ether oxygens (including phenoxy) is 1. The molecule has 0 atom stereocenters. The first-order valence-corrected chi connectivity index (χ1v) is 14.1. The topological polar surface area (TPSA) is 110 Å². The predicted molar refractivity (Wildman–Crippen MR) is 142 cm³/mol. The lowest BCUT2D eigenvalue weighted by molar-refractivity contribution is -0.114. The molecule has 194 valence electrons. The van der Waals surface area contributed by atoms with Gasteiger partial charge in [-0.25, -0.2) is 8.42 Å². The standard InChI is InChI=1S/C25H32N4O5S2/c1-5-7-14-28(6-2)36(32,33)21-11-8-19(9-12-21)24(31)27-25-29(15-16-34-4)22-13-10-20(26-18(3)30)17-23(22)35-25/h8-13,17H,5-7,14-16H2,1-4H3,(H,26,30). The zero-order chi connectivity index (χ0) is 26.3. The predicted octanol–water partition coefficient (Wildman–Crippen LogP) is 3.86. The van der Waals surface area contributed by atoms with E-state index >= 15 is 0 Å². The van der Waals surface area contributed by atoms with Crippen molar-refractivity contribution in [3.05, 3.63) is 52.8 Å².